The van der Waals surface area contributed by atoms with Crippen molar-refractivity contribution in [2.75, 3.05) is 13.0 Å². The zero-order valence-corrected chi connectivity index (χ0v) is 12.0. The first-order valence-electron chi connectivity index (χ1n) is 6.91. The van der Waals surface area contributed by atoms with Crippen molar-refractivity contribution >= 4 is 22.6 Å². The van der Waals surface area contributed by atoms with E-state index in [1.54, 1.807) is 7.11 Å². The molecule has 0 amide bonds. The SMILES string of the molecule is COc1ccc2c(c1)nc(CCCl)n2CCC1CC1. The molecular weight excluding hydrogens is 260 g/mol. The molecule has 1 heterocycles. The topological polar surface area (TPSA) is 27.1 Å². The molecule has 3 rings (SSSR count). The summed E-state index contributed by atoms with van der Waals surface area (Å²) in [5.41, 5.74) is 2.21. The van der Waals surface area contributed by atoms with Crippen molar-refractivity contribution in [3.8, 4) is 5.75 Å². The van der Waals surface area contributed by atoms with E-state index in [0.717, 1.165) is 36.0 Å². The van der Waals surface area contributed by atoms with Gasteiger partial charge >= 0.3 is 0 Å². The Balaban J connectivity index is 1.96. The summed E-state index contributed by atoms with van der Waals surface area (Å²) in [6.07, 6.45) is 4.87. The molecule has 4 heteroatoms. The minimum absolute atomic E-state index is 0.615. The average Bonchev–Trinajstić information content (AvgIpc) is 3.19. The first kappa shape index (κ1) is 12.8. The highest BCUT2D eigenvalue weighted by molar-refractivity contribution is 6.17. The maximum absolute atomic E-state index is 5.89. The molecule has 0 unspecified atom stereocenters. The molecule has 1 saturated carbocycles. The van der Waals surface area contributed by atoms with E-state index in [-0.39, 0.29) is 0 Å². The van der Waals surface area contributed by atoms with Crippen LogP contribution in [0.3, 0.4) is 0 Å². The number of ether oxygens (including phenoxy) is 1. The van der Waals surface area contributed by atoms with E-state index < -0.39 is 0 Å². The number of imidazole rings is 1. The van der Waals surface area contributed by atoms with Crippen molar-refractivity contribution in [3.05, 3.63) is 24.0 Å². The molecule has 1 aliphatic rings. The van der Waals surface area contributed by atoms with Crippen LogP contribution in [0.5, 0.6) is 5.75 Å². The Morgan fingerprint density at radius 3 is 2.95 bits per heavy atom. The van der Waals surface area contributed by atoms with Crippen LogP contribution in [-0.2, 0) is 13.0 Å². The number of halogens is 1. The lowest BCUT2D eigenvalue weighted by Crippen LogP contribution is -2.05. The van der Waals surface area contributed by atoms with Crippen LogP contribution < -0.4 is 4.74 Å². The zero-order valence-electron chi connectivity index (χ0n) is 11.2. The molecule has 0 atom stereocenters. The summed E-state index contributed by atoms with van der Waals surface area (Å²) in [4.78, 5) is 4.71. The molecule has 1 fully saturated rings. The van der Waals surface area contributed by atoms with Gasteiger partial charge in [-0.2, -0.15) is 0 Å². The van der Waals surface area contributed by atoms with E-state index in [9.17, 15) is 0 Å². The Morgan fingerprint density at radius 1 is 1.42 bits per heavy atom. The van der Waals surface area contributed by atoms with E-state index in [1.165, 1.54) is 24.8 Å². The Labute approximate surface area is 118 Å². The molecule has 0 N–H and O–H groups in total. The van der Waals surface area contributed by atoms with Gasteiger partial charge in [0.05, 0.1) is 18.1 Å². The number of hydrogen-bond acceptors (Lipinski definition) is 2. The van der Waals surface area contributed by atoms with Gasteiger partial charge in [0.15, 0.2) is 0 Å². The van der Waals surface area contributed by atoms with Gasteiger partial charge in [-0.05, 0) is 24.5 Å². The molecule has 102 valence electrons. The molecule has 0 radical (unpaired) electrons. The third-order valence-electron chi connectivity index (χ3n) is 3.81. The maximum atomic E-state index is 5.89. The summed E-state index contributed by atoms with van der Waals surface area (Å²) in [7, 11) is 1.69. The number of alkyl halides is 1. The second-order valence-electron chi connectivity index (χ2n) is 5.21. The summed E-state index contributed by atoms with van der Waals surface area (Å²) in [6, 6.07) is 6.11. The predicted molar refractivity (Wildman–Crippen MR) is 78.1 cm³/mol. The van der Waals surface area contributed by atoms with Gasteiger partial charge in [0, 0.05) is 24.9 Å². The lowest BCUT2D eigenvalue weighted by atomic mass is 10.2. The Hall–Kier alpha value is -1.22. The highest BCUT2D eigenvalue weighted by Gasteiger charge is 2.21. The fraction of sp³-hybridized carbons (Fsp3) is 0.533. The molecule has 1 aromatic carbocycles. The number of fused-ring (bicyclic) bond motifs is 1. The normalized spacial score (nSPS) is 15.1. The predicted octanol–water partition coefficient (Wildman–Crippen LogP) is 3.63. The van der Waals surface area contributed by atoms with Crippen molar-refractivity contribution in [2.45, 2.75) is 32.2 Å². The van der Waals surface area contributed by atoms with Gasteiger partial charge in [-0.25, -0.2) is 4.98 Å². The van der Waals surface area contributed by atoms with E-state index in [1.807, 2.05) is 12.1 Å². The first-order valence-corrected chi connectivity index (χ1v) is 7.44. The van der Waals surface area contributed by atoms with Crippen LogP contribution in [0.15, 0.2) is 18.2 Å². The molecular formula is C15H19ClN2O. The lowest BCUT2D eigenvalue weighted by Gasteiger charge is -2.08. The number of aromatic nitrogens is 2. The number of aryl methyl sites for hydroxylation is 2. The van der Waals surface area contributed by atoms with Gasteiger partial charge in [-0.1, -0.05) is 12.8 Å². The largest absolute Gasteiger partial charge is 0.497 e. The second-order valence-corrected chi connectivity index (χ2v) is 5.58. The van der Waals surface area contributed by atoms with E-state index in [2.05, 4.69) is 10.6 Å². The summed E-state index contributed by atoms with van der Waals surface area (Å²) in [5.74, 6) is 3.50. The molecule has 19 heavy (non-hydrogen) atoms. The van der Waals surface area contributed by atoms with Crippen LogP contribution in [0.1, 0.15) is 25.1 Å². The summed E-state index contributed by atoms with van der Waals surface area (Å²) < 4.78 is 7.59. The van der Waals surface area contributed by atoms with Gasteiger partial charge in [0.2, 0.25) is 0 Å². The number of rotatable bonds is 6. The lowest BCUT2D eigenvalue weighted by molar-refractivity contribution is 0.415. The monoisotopic (exact) mass is 278 g/mol. The number of methoxy groups -OCH3 is 1. The maximum Gasteiger partial charge on any atom is 0.121 e. The van der Waals surface area contributed by atoms with Crippen LogP contribution in [0.2, 0.25) is 0 Å². The van der Waals surface area contributed by atoms with Crippen molar-refractivity contribution in [3.63, 3.8) is 0 Å². The van der Waals surface area contributed by atoms with Crippen molar-refractivity contribution < 1.29 is 4.74 Å². The smallest absolute Gasteiger partial charge is 0.121 e. The average molecular weight is 279 g/mol. The van der Waals surface area contributed by atoms with Gasteiger partial charge < -0.3 is 9.30 Å². The molecule has 0 spiro atoms. The van der Waals surface area contributed by atoms with Gasteiger partial charge in [-0.3, -0.25) is 0 Å². The van der Waals surface area contributed by atoms with E-state index in [0.29, 0.717) is 5.88 Å². The summed E-state index contributed by atoms with van der Waals surface area (Å²) in [5, 5.41) is 0. The fourth-order valence-electron chi connectivity index (χ4n) is 2.53. The van der Waals surface area contributed by atoms with Gasteiger partial charge in [0.25, 0.3) is 0 Å². The zero-order chi connectivity index (χ0) is 13.2. The van der Waals surface area contributed by atoms with Gasteiger partial charge in [0.1, 0.15) is 11.6 Å². The summed E-state index contributed by atoms with van der Waals surface area (Å²) in [6.45, 7) is 1.06. The standard InChI is InChI=1S/C15H19ClN2O/c1-19-12-4-5-14-13(10-12)17-15(6-8-16)18(14)9-7-11-2-3-11/h4-5,10-11H,2-3,6-9H2,1H3. The van der Waals surface area contributed by atoms with Gasteiger partial charge in [-0.15, -0.1) is 11.6 Å². The molecule has 1 aromatic heterocycles. The van der Waals surface area contributed by atoms with E-state index in [4.69, 9.17) is 21.3 Å². The number of benzene rings is 1. The minimum Gasteiger partial charge on any atom is -0.497 e. The first-order chi connectivity index (χ1) is 9.31. The van der Waals surface area contributed by atoms with Crippen LogP contribution in [-0.4, -0.2) is 22.5 Å². The Bertz CT molecular complexity index is 575. The Kier molecular flexibility index (Phi) is 3.65. The molecule has 1 aliphatic carbocycles. The minimum atomic E-state index is 0.615. The molecule has 3 nitrogen and oxygen atoms in total. The number of hydrogen-bond donors (Lipinski definition) is 0. The third kappa shape index (κ3) is 2.71. The summed E-state index contributed by atoms with van der Waals surface area (Å²) >= 11 is 5.89. The second kappa shape index (κ2) is 5.41. The number of nitrogens with zero attached hydrogens (tertiary/aromatic N) is 2. The van der Waals surface area contributed by atoms with Crippen molar-refractivity contribution in [1.29, 1.82) is 0 Å². The molecule has 2 aromatic rings. The van der Waals surface area contributed by atoms with Crippen LogP contribution in [0.25, 0.3) is 11.0 Å². The molecule has 0 aliphatic heterocycles. The molecule has 0 saturated heterocycles. The highest BCUT2D eigenvalue weighted by atomic mass is 35.5. The van der Waals surface area contributed by atoms with Crippen LogP contribution in [0.4, 0.5) is 0 Å². The van der Waals surface area contributed by atoms with Crippen LogP contribution >= 0.6 is 11.6 Å². The Morgan fingerprint density at radius 2 is 2.26 bits per heavy atom. The van der Waals surface area contributed by atoms with E-state index >= 15 is 0 Å². The fourth-order valence-corrected chi connectivity index (χ4v) is 2.70. The molecule has 0 bridgehead atoms. The van der Waals surface area contributed by atoms with Crippen molar-refractivity contribution in [1.82, 2.24) is 9.55 Å². The van der Waals surface area contributed by atoms with Crippen molar-refractivity contribution in [2.24, 2.45) is 5.92 Å². The quantitative estimate of drug-likeness (QED) is 0.755. The van der Waals surface area contributed by atoms with Crippen LogP contribution in [0, 0.1) is 5.92 Å². The highest BCUT2D eigenvalue weighted by Crippen LogP contribution is 2.33. The third-order valence-corrected chi connectivity index (χ3v) is 4.00.